The number of halogens is 2. The Morgan fingerprint density at radius 1 is 0.944 bits per heavy atom. The summed E-state index contributed by atoms with van der Waals surface area (Å²) in [6, 6.07) is 12.5. The fourth-order valence-corrected chi connectivity index (χ4v) is 6.59. The number of fused-ring (bicyclic) bond motifs is 2. The molecule has 0 saturated heterocycles. The van der Waals surface area contributed by atoms with Gasteiger partial charge in [-0.15, -0.1) is 0 Å². The summed E-state index contributed by atoms with van der Waals surface area (Å²) in [4.78, 5) is 15.6. The minimum Gasteiger partial charge on any atom is -0.871 e. The van der Waals surface area contributed by atoms with Crippen molar-refractivity contribution in [3.63, 3.8) is 0 Å². The molecule has 0 spiro atoms. The Bertz CT molecular complexity index is 1460. The Labute approximate surface area is 230 Å². The standard InChI is InChI=1S/C30H30Br2N2O2/c1-7-33-23-11-9-17(31)13-21(23)29(3,4)25(33)15-19-27(35)20(28(19)36)16-26-30(5,6)22-14-18(32)10-12-24(22)34(26)8-2/h9-16H,7-8H2,1-6H3. The summed E-state index contributed by atoms with van der Waals surface area (Å²) in [7, 11) is 0. The third-order valence-corrected chi connectivity index (χ3v) is 8.87. The van der Waals surface area contributed by atoms with Crippen LogP contribution in [0.3, 0.4) is 0 Å². The first-order chi connectivity index (χ1) is 16.9. The summed E-state index contributed by atoms with van der Waals surface area (Å²) in [6.45, 7) is 14.3. The second-order valence-electron chi connectivity index (χ2n) is 10.6. The van der Waals surface area contributed by atoms with Gasteiger partial charge in [0.1, 0.15) is 6.54 Å². The van der Waals surface area contributed by atoms with Gasteiger partial charge in [-0.25, -0.2) is 0 Å². The maximum atomic E-state index is 13.4. The molecule has 2 heterocycles. The van der Waals surface area contributed by atoms with Crippen LogP contribution in [-0.2, 0) is 15.6 Å². The largest absolute Gasteiger partial charge is 0.871 e. The SMILES string of the molecule is CCN1/C(=C/C2=C([O-])C(=C\C3=[N+](CC)c4ccc(Br)cc4C3(C)C)/C2=O)C(C)(C)c2cc(Br)ccc21. The molecule has 0 bridgehead atoms. The van der Waals surface area contributed by atoms with Crippen molar-refractivity contribution >= 4 is 54.7 Å². The molecule has 2 aromatic carbocycles. The number of nitrogens with zero attached hydrogens (tertiary/aromatic N) is 2. The number of hydrogen-bond donors (Lipinski definition) is 0. The van der Waals surface area contributed by atoms with Crippen LogP contribution >= 0.6 is 31.9 Å². The van der Waals surface area contributed by atoms with Crippen LogP contribution in [0.15, 0.2) is 80.1 Å². The number of carbonyl (C=O) groups is 1. The number of likely N-dealkylation sites (N-methyl/N-ethyl adjacent to an activating group) is 1. The quantitative estimate of drug-likeness (QED) is 0.296. The van der Waals surface area contributed by atoms with Gasteiger partial charge < -0.3 is 10.0 Å². The third kappa shape index (κ3) is 3.52. The van der Waals surface area contributed by atoms with E-state index in [-0.39, 0.29) is 33.5 Å². The fourth-order valence-electron chi connectivity index (χ4n) is 5.87. The van der Waals surface area contributed by atoms with Gasteiger partial charge in [-0.05, 0) is 69.7 Å². The van der Waals surface area contributed by atoms with Gasteiger partial charge in [0.05, 0.1) is 5.41 Å². The Morgan fingerprint density at radius 3 is 2.19 bits per heavy atom. The van der Waals surface area contributed by atoms with E-state index in [1.165, 1.54) is 11.1 Å². The van der Waals surface area contributed by atoms with Crippen LogP contribution in [0, 0.1) is 0 Å². The van der Waals surface area contributed by atoms with Crippen LogP contribution in [0.1, 0.15) is 52.7 Å². The monoisotopic (exact) mass is 608 g/mol. The molecule has 4 nitrogen and oxygen atoms in total. The van der Waals surface area contributed by atoms with E-state index in [2.05, 4.69) is 107 Å². The van der Waals surface area contributed by atoms with Crippen molar-refractivity contribution in [1.29, 1.82) is 0 Å². The first-order valence-electron chi connectivity index (χ1n) is 12.4. The van der Waals surface area contributed by atoms with Crippen molar-refractivity contribution in [2.45, 2.75) is 52.4 Å². The molecule has 0 amide bonds. The zero-order chi connectivity index (χ0) is 26.2. The van der Waals surface area contributed by atoms with Crippen molar-refractivity contribution < 1.29 is 14.5 Å². The van der Waals surface area contributed by atoms with Crippen molar-refractivity contribution in [2.24, 2.45) is 0 Å². The number of benzene rings is 2. The highest BCUT2D eigenvalue weighted by Gasteiger charge is 2.46. The lowest BCUT2D eigenvalue weighted by Crippen LogP contribution is -2.35. The minimum atomic E-state index is -0.321. The van der Waals surface area contributed by atoms with E-state index in [1.54, 1.807) is 0 Å². The van der Waals surface area contributed by atoms with Crippen LogP contribution in [0.2, 0.25) is 0 Å². The molecular weight excluding hydrogens is 580 g/mol. The van der Waals surface area contributed by atoms with E-state index in [0.29, 0.717) is 0 Å². The van der Waals surface area contributed by atoms with E-state index < -0.39 is 0 Å². The average Bonchev–Trinajstić information content (AvgIpc) is 3.18. The number of hydrogen-bond acceptors (Lipinski definition) is 3. The molecule has 0 N–H and O–H groups in total. The topological polar surface area (TPSA) is 46.4 Å². The molecule has 2 aliphatic heterocycles. The van der Waals surface area contributed by atoms with Crippen molar-refractivity contribution in [3.05, 3.63) is 91.2 Å². The first-order valence-corrected chi connectivity index (χ1v) is 13.9. The van der Waals surface area contributed by atoms with Crippen molar-refractivity contribution in [1.82, 2.24) is 0 Å². The summed E-state index contributed by atoms with van der Waals surface area (Å²) >= 11 is 7.18. The molecule has 0 fully saturated rings. The number of Topliss-reactive ketones (excluding diaryl/α,β-unsaturated/α-hetero) is 1. The van der Waals surface area contributed by atoms with Gasteiger partial charge in [0.15, 0.2) is 11.5 Å². The lowest BCUT2D eigenvalue weighted by atomic mass is 9.77. The Hall–Kier alpha value is -2.44. The van der Waals surface area contributed by atoms with E-state index in [4.69, 9.17) is 0 Å². The number of allylic oxidation sites excluding steroid dienone is 5. The number of ketones is 1. The van der Waals surface area contributed by atoms with E-state index in [9.17, 15) is 9.90 Å². The summed E-state index contributed by atoms with van der Waals surface area (Å²) < 4.78 is 4.24. The minimum absolute atomic E-state index is 0.173. The third-order valence-electron chi connectivity index (χ3n) is 7.88. The number of carbonyl (C=O) groups excluding carboxylic acids is 1. The summed E-state index contributed by atoms with van der Waals surface area (Å²) in [5.41, 5.74) is 6.49. The molecule has 36 heavy (non-hydrogen) atoms. The average molecular weight is 610 g/mol. The second-order valence-corrected chi connectivity index (χ2v) is 12.4. The predicted octanol–water partition coefficient (Wildman–Crippen LogP) is 6.43. The molecule has 1 aliphatic carbocycles. The summed E-state index contributed by atoms with van der Waals surface area (Å²) in [6.07, 6.45) is 3.65. The maximum absolute atomic E-state index is 13.4. The highest BCUT2D eigenvalue weighted by Crippen LogP contribution is 2.49. The molecule has 3 aliphatic rings. The van der Waals surface area contributed by atoms with Crippen molar-refractivity contribution in [3.8, 4) is 0 Å². The van der Waals surface area contributed by atoms with Gasteiger partial charge in [0.25, 0.3) is 0 Å². The van der Waals surface area contributed by atoms with E-state index in [1.807, 2.05) is 24.3 Å². The van der Waals surface area contributed by atoms with Crippen LogP contribution in [-0.4, -0.2) is 29.2 Å². The van der Waals surface area contributed by atoms with E-state index >= 15 is 0 Å². The normalized spacial score (nSPS) is 22.0. The molecule has 0 unspecified atom stereocenters. The van der Waals surface area contributed by atoms with Gasteiger partial charge in [0.2, 0.25) is 5.69 Å². The molecule has 5 rings (SSSR count). The first kappa shape index (κ1) is 25.2. The Morgan fingerprint density at radius 2 is 1.58 bits per heavy atom. The van der Waals surface area contributed by atoms with Crippen molar-refractivity contribution in [2.75, 3.05) is 18.0 Å². The van der Waals surface area contributed by atoms with Gasteiger partial charge >= 0.3 is 0 Å². The zero-order valence-electron chi connectivity index (χ0n) is 21.5. The maximum Gasteiger partial charge on any atom is 0.209 e. The van der Waals surface area contributed by atoms with Gasteiger partial charge in [-0.3, -0.25) is 4.79 Å². The number of anilines is 1. The van der Waals surface area contributed by atoms with E-state index in [0.717, 1.165) is 44.8 Å². The highest BCUT2D eigenvalue weighted by atomic mass is 79.9. The Balaban J connectivity index is 1.58. The molecule has 0 atom stereocenters. The molecule has 0 radical (unpaired) electrons. The lowest BCUT2D eigenvalue weighted by Gasteiger charge is -2.32. The van der Waals surface area contributed by atoms with Crippen LogP contribution in [0.5, 0.6) is 0 Å². The van der Waals surface area contributed by atoms with Gasteiger partial charge in [-0.1, -0.05) is 51.5 Å². The van der Waals surface area contributed by atoms with Crippen LogP contribution in [0.4, 0.5) is 11.4 Å². The molecule has 6 heteroatoms. The zero-order valence-corrected chi connectivity index (χ0v) is 24.7. The fraction of sp³-hybridized carbons (Fsp3) is 0.333. The lowest BCUT2D eigenvalue weighted by molar-refractivity contribution is -0.433. The van der Waals surface area contributed by atoms with Gasteiger partial charge in [0, 0.05) is 61.1 Å². The smallest absolute Gasteiger partial charge is 0.209 e. The number of rotatable bonds is 4. The van der Waals surface area contributed by atoms with Crippen LogP contribution < -0.4 is 10.0 Å². The predicted molar refractivity (Wildman–Crippen MR) is 151 cm³/mol. The molecule has 186 valence electrons. The Kier molecular flexibility index (Phi) is 6.00. The molecule has 0 aromatic heterocycles. The molecule has 2 aromatic rings. The molecular formula is C30H30Br2N2O2. The molecule has 0 saturated carbocycles. The van der Waals surface area contributed by atoms with Crippen LogP contribution in [0.25, 0.3) is 0 Å². The van der Waals surface area contributed by atoms with Gasteiger partial charge in [-0.2, -0.15) is 4.58 Å². The summed E-state index contributed by atoms with van der Waals surface area (Å²) in [5, 5.41) is 13.4. The second kappa shape index (κ2) is 8.56. The summed E-state index contributed by atoms with van der Waals surface area (Å²) in [5.74, 6) is -0.346. The highest BCUT2D eigenvalue weighted by molar-refractivity contribution is 9.10.